The van der Waals surface area contributed by atoms with Crippen molar-refractivity contribution in [2.75, 3.05) is 11.9 Å². The number of aryl methyl sites for hydroxylation is 1. The largest absolute Gasteiger partial charge is 0.339 e. The van der Waals surface area contributed by atoms with Crippen LogP contribution in [0.1, 0.15) is 30.1 Å². The molecule has 25 heavy (non-hydrogen) atoms. The SMILES string of the molecule is Cc1ccc(NC(=O)Cc2noc(CCN3C(=O)CCC3=O)n2)cc1. The monoisotopic (exact) mass is 342 g/mol. The zero-order valence-electron chi connectivity index (χ0n) is 13.8. The molecule has 1 N–H and O–H groups in total. The second-order valence-electron chi connectivity index (χ2n) is 5.88. The fraction of sp³-hybridized carbons (Fsp3) is 0.353. The predicted molar refractivity (Wildman–Crippen MR) is 87.5 cm³/mol. The Balaban J connectivity index is 1.51. The highest BCUT2D eigenvalue weighted by atomic mass is 16.5. The van der Waals surface area contributed by atoms with E-state index in [1.54, 1.807) is 0 Å². The molecule has 8 nitrogen and oxygen atoms in total. The van der Waals surface area contributed by atoms with Crippen molar-refractivity contribution in [2.45, 2.75) is 32.6 Å². The maximum Gasteiger partial charge on any atom is 0.232 e. The molecule has 1 aromatic carbocycles. The standard InChI is InChI=1S/C17H18N4O4/c1-11-2-4-12(5-3-11)18-14(22)10-13-19-15(25-20-13)8-9-21-16(23)6-7-17(21)24/h2-5H,6-10H2,1H3,(H,18,22). The lowest BCUT2D eigenvalue weighted by Crippen LogP contribution is -2.31. The third-order valence-electron chi connectivity index (χ3n) is 3.87. The van der Waals surface area contributed by atoms with Crippen LogP contribution in [0.5, 0.6) is 0 Å². The Bertz CT molecular complexity index is 781. The van der Waals surface area contributed by atoms with E-state index in [4.69, 9.17) is 4.52 Å². The van der Waals surface area contributed by atoms with E-state index in [0.717, 1.165) is 5.56 Å². The normalized spacial score (nSPS) is 14.2. The molecule has 0 unspecified atom stereocenters. The number of imide groups is 1. The molecule has 1 aliphatic rings. The van der Waals surface area contributed by atoms with Crippen molar-refractivity contribution in [3.63, 3.8) is 0 Å². The molecule has 2 aromatic rings. The third-order valence-corrected chi connectivity index (χ3v) is 3.87. The maximum atomic E-state index is 12.0. The Morgan fingerprint density at radius 2 is 1.88 bits per heavy atom. The van der Waals surface area contributed by atoms with Crippen LogP contribution in [0.4, 0.5) is 5.69 Å². The molecule has 0 bridgehead atoms. The van der Waals surface area contributed by atoms with Crippen molar-refractivity contribution in [3.8, 4) is 0 Å². The van der Waals surface area contributed by atoms with Gasteiger partial charge in [-0.15, -0.1) is 0 Å². The van der Waals surface area contributed by atoms with Gasteiger partial charge in [-0.1, -0.05) is 22.9 Å². The first-order chi connectivity index (χ1) is 12.0. The molecule has 0 aliphatic carbocycles. The third kappa shape index (κ3) is 4.28. The zero-order chi connectivity index (χ0) is 17.8. The first-order valence-electron chi connectivity index (χ1n) is 8.02. The fourth-order valence-corrected chi connectivity index (χ4v) is 2.53. The molecule has 0 atom stereocenters. The molecule has 1 saturated heterocycles. The van der Waals surface area contributed by atoms with Crippen molar-refractivity contribution >= 4 is 23.4 Å². The molecule has 130 valence electrons. The van der Waals surface area contributed by atoms with E-state index >= 15 is 0 Å². The van der Waals surface area contributed by atoms with E-state index in [0.29, 0.717) is 11.6 Å². The first-order valence-corrected chi connectivity index (χ1v) is 8.02. The summed E-state index contributed by atoms with van der Waals surface area (Å²) in [5, 5.41) is 6.52. The lowest BCUT2D eigenvalue weighted by molar-refractivity contribution is -0.138. The molecule has 1 aliphatic heterocycles. The number of amides is 3. The summed E-state index contributed by atoms with van der Waals surface area (Å²) in [4.78, 5) is 40.4. The van der Waals surface area contributed by atoms with Gasteiger partial charge < -0.3 is 9.84 Å². The second kappa shape index (κ2) is 7.25. The van der Waals surface area contributed by atoms with Crippen LogP contribution in [-0.2, 0) is 27.2 Å². The van der Waals surface area contributed by atoms with Gasteiger partial charge in [0.15, 0.2) is 5.82 Å². The van der Waals surface area contributed by atoms with Gasteiger partial charge in [0.1, 0.15) is 0 Å². The molecular formula is C17H18N4O4. The zero-order valence-corrected chi connectivity index (χ0v) is 13.8. The first kappa shape index (κ1) is 16.8. The van der Waals surface area contributed by atoms with Gasteiger partial charge in [-0.05, 0) is 19.1 Å². The van der Waals surface area contributed by atoms with Crippen molar-refractivity contribution in [2.24, 2.45) is 0 Å². The number of hydrogen-bond donors (Lipinski definition) is 1. The van der Waals surface area contributed by atoms with Crippen molar-refractivity contribution in [1.29, 1.82) is 0 Å². The van der Waals surface area contributed by atoms with Crippen LogP contribution in [-0.4, -0.2) is 39.3 Å². The molecule has 2 heterocycles. The van der Waals surface area contributed by atoms with E-state index in [-0.39, 0.29) is 55.8 Å². The summed E-state index contributed by atoms with van der Waals surface area (Å²) >= 11 is 0. The Kier molecular flexibility index (Phi) is 4.87. The second-order valence-corrected chi connectivity index (χ2v) is 5.88. The summed E-state index contributed by atoms with van der Waals surface area (Å²) in [7, 11) is 0. The number of aromatic nitrogens is 2. The van der Waals surface area contributed by atoms with Gasteiger partial charge in [-0.3, -0.25) is 19.3 Å². The topological polar surface area (TPSA) is 105 Å². The van der Waals surface area contributed by atoms with Crippen molar-refractivity contribution in [1.82, 2.24) is 15.0 Å². The van der Waals surface area contributed by atoms with Crippen molar-refractivity contribution in [3.05, 3.63) is 41.5 Å². The molecule has 0 spiro atoms. The number of anilines is 1. The van der Waals surface area contributed by atoms with Gasteiger partial charge in [0, 0.05) is 31.5 Å². The molecule has 1 fully saturated rings. The maximum absolute atomic E-state index is 12.0. The summed E-state index contributed by atoms with van der Waals surface area (Å²) in [6, 6.07) is 7.45. The lowest BCUT2D eigenvalue weighted by atomic mass is 10.2. The Morgan fingerprint density at radius 1 is 1.20 bits per heavy atom. The van der Waals surface area contributed by atoms with Crippen LogP contribution in [0.2, 0.25) is 0 Å². The van der Waals surface area contributed by atoms with Gasteiger partial charge in [0.2, 0.25) is 23.6 Å². The number of carbonyl (C=O) groups excluding carboxylic acids is 3. The minimum absolute atomic E-state index is 0.0149. The Morgan fingerprint density at radius 3 is 2.56 bits per heavy atom. The number of carbonyl (C=O) groups is 3. The van der Waals surface area contributed by atoms with E-state index in [1.807, 2.05) is 31.2 Å². The van der Waals surface area contributed by atoms with E-state index < -0.39 is 0 Å². The smallest absolute Gasteiger partial charge is 0.232 e. The summed E-state index contributed by atoms with van der Waals surface area (Å²) in [6.07, 6.45) is 0.781. The molecule has 0 saturated carbocycles. The number of hydrogen-bond acceptors (Lipinski definition) is 6. The molecule has 8 heteroatoms. The van der Waals surface area contributed by atoms with Gasteiger partial charge in [-0.2, -0.15) is 4.98 Å². The molecule has 3 rings (SSSR count). The average Bonchev–Trinajstić information content (AvgIpc) is 3.14. The highest BCUT2D eigenvalue weighted by Gasteiger charge is 2.28. The quantitative estimate of drug-likeness (QED) is 0.792. The lowest BCUT2D eigenvalue weighted by Gasteiger charge is -2.11. The van der Waals surface area contributed by atoms with Crippen molar-refractivity contribution < 1.29 is 18.9 Å². The number of nitrogens with zero attached hydrogens (tertiary/aromatic N) is 3. The van der Waals surface area contributed by atoms with Crippen LogP contribution in [0.25, 0.3) is 0 Å². The van der Waals surface area contributed by atoms with E-state index in [9.17, 15) is 14.4 Å². The molecular weight excluding hydrogens is 324 g/mol. The van der Waals surface area contributed by atoms with Gasteiger partial charge in [0.05, 0.1) is 6.42 Å². The number of benzene rings is 1. The number of likely N-dealkylation sites (tertiary alicyclic amines) is 1. The van der Waals surface area contributed by atoms with Gasteiger partial charge >= 0.3 is 0 Å². The van der Waals surface area contributed by atoms with Gasteiger partial charge in [-0.25, -0.2) is 0 Å². The van der Waals surface area contributed by atoms with Crippen LogP contribution >= 0.6 is 0 Å². The summed E-state index contributed by atoms with van der Waals surface area (Å²) < 4.78 is 5.07. The Hall–Kier alpha value is -3.03. The average molecular weight is 342 g/mol. The minimum atomic E-state index is -0.249. The number of rotatable bonds is 6. The predicted octanol–water partition coefficient (Wildman–Crippen LogP) is 1.25. The van der Waals surface area contributed by atoms with E-state index in [1.165, 1.54) is 4.90 Å². The minimum Gasteiger partial charge on any atom is -0.339 e. The Labute approximate surface area is 144 Å². The summed E-state index contributed by atoms with van der Waals surface area (Å²) in [5.74, 6) is -0.0464. The highest BCUT2D eigenvalue weighted by Crippen LogP contribution is 2.13. The molecule has 0 radical (unpaired) electrons. The summed E-state index contributed by atoms with van der Waals surface area (Å²) in [6.45, 7) is 2.19. The van der Waals surface area contributed by atoms with Crippen LogP contribution in [0.3, 0.4) is 0 Å². The number of nitrogens with one attached hydrogen (secondary N) is 1. The van der Waals surface area contributed by atoms with Gasteiger partial charge in [0.25, 0.3) is 0 Å². The van der Waals surface area contributed by atoms with Crippen LogP contribution in [0, 0.1) is 6.92 Å². The van der Waals surface area contributed by atoms with E-state index in [2.05, 4.69) is 15.5 Å². The van der Waals surface area contributed by atoms with Crippen LogP contribution < -0.4 is 5.32 Å². The fourth-order valence-electron chi connectivity index (χ4n) is 2.53. The molecule has 3 amide bonds. The van der Waals surface area contributed by atoms with Crippen LogP contribution in [0.15, 0.2) is 28.8 Å². The molecule has 1 aromatic heterocycles. The summed E-state index contributed by atoms with van der Waals surface area (Å²) in [5.41, 5.74) is 1.81. The highest BCUT2D eigenvalue weighted by molar-refractivity contribution is 6.01.